The molecule has 2 aromatic rings. The Labute approximate surface area is 217 Å². The molecule has 6 heteroatoms. The molecule has 0 bridgehead atoms. The minimum absolute atomic E-state index is 0.00774. The van der Waals surface area contributed by atoms with Crippen molar-refractivity contribution in [2.45, 2.75) is 65.3 Å². The highest BCUT2D eigenvalue weighted by molar-refractivity contribution is 5.67. The Hall–Kier alpha value is -2.73. The molecule has 3 rings (SSSR count). The average molecular weight is 496 g/mol. The molecule has 1 amide bonds. The number of anilines is 1. The van der Waals surface area contributed by atoms with E-state index in [2.05, 4.69) is 87.7 Å². The van der Waals surface area contributed by atoms with Gasteiger partial charge in [0.05, 0.1) is 12.6 Å². The van der Waals surface area contributed by atoms with Gasteiger partial charge in [0.1, 0.15) is 5.75 Å². The van der Waals surface area contributed by atoms with Gasteiger partial charge >= 0.3 is 6.09 Å². The van der Waals surface area contributed by atoms with E-state index < -0.39 is 0 Å². The summed E-state index contributed by atoms with van der Waals surface area (Å²) in [6.07, 6.45) is -0.237. The van der Waals surface area contributed by atoms with Gasteiger partial charge in [-0.2, -0.15) is 0 Å². The number of rotatable bonds is 5. The van der Waals surface area contributed by atoms with Gasteiger partial charge in [0, 0.05) is 46.0 Å². The largest absolute Gasteiger partial charge is 0.507 e. The van der Waals surface area contributed by atoms with Crippen molar-refractivity contribution in [2.24, 2.45) is 0 Å². The van der Waals surface area contributed by atoms with Crippen molar-refractivity contribution in [1.82, 2.24) is 9.80 Å². The molecule has 198 valence electrons. The zero-order valence-corrected chi connectivity index (χ0v) is 23.7. The number of phenols is 1. The molecule has 1 heterocycles. The lowest BCUT2D eigenvalue weighted by molar-refractivity contribution is 0.0714. The Kier molecular flexibility index (Phi) is 8.29. The van der Waals surface area contributed by atoms with Crippen LogP contribution in [0.15, 0.2) is 36.4 Å². The number of ether oxygens (including phenoxy) is 1. The molecule has 0 aliphatic carbocycles. The smallest absolute Gasteiger partial charge is 0.409 e. The van der Waals surface area contributed by atoms with Crippen molar-refractivity contribution in [3.8, 4) is 5.75 Å². The van der Waals surface area contributed by atoms with Crippen molar-refractivity contribution in [2.75, 3.05) is 51.8 Å². The van der Waals surface area contributed by atoms with Crippen LogP contribution in [0, 0.1) is 0 Å². The highest BCUT2D eigenvalue weighted by Crippen LogP contribution is 2.43. The van der Waals surface area contributed by atoms with E-state index in [1.165, 1.54) is 11.1 Å². The first kappa shape index (κ1) is 27.9. The minimum Gasteiger partial charge on any atom is -0.507 e. The molecule has 1 aliphatic heterocycles. The molecular weight excluding hydrogens is 450 g/mol. The molecule has 6 nitrogen and oxygen atoms in total. The normalized spacial score (nSPS) is 16.1. The first-order valence-corrected chi connectivity index (χ1v) is 13.0. The average Bonchev–Trinajstić information content (AvgIpc) is 2.79. The lowest BCUT2D eigenvalue weighted by atomic mass is 9.77. The number of carbonyl (C=O) groups excluding carboxylic acids is 1. The van der Waals surface area contributed by atoms with Crippen molar-refractivity contribution in [3.63, 3.8) is 0 Å². The van der Waals surface area contributed by atoms with E-state index in [4.69, 9.17) is 4.74 Å². The maximum atomic E-state index is 12.3. The van der Waals surface area contributed by atoms with Gasteiger partial charge in [-0.15, -0.1) is 0 Å². The lowest BCUT2D eigenvalue weighted by Gasteiger charge is -2.40. The zero-order valence-electron chi connectivity index (χ0n) is 23.7. The summed E-state index contributed by atoms with van der Waals surface area (Å²) in [5.74, 6) is 0.396. The standard InChI is InChI=1S/C30H45N3O3/c1-10-36-28(35)33-17-15-32(16-18-33)26(21-11-13-23(14-12-21)31(8)9)22-19-24(29(2,3)4)27(34)25(20-22)30(5,6)7/h11-14,19-20,26,34H,10,15-18H2,1-9H3. The molecule has 0 aromatic heterocycles. The maximum absolute atomic E-state index is 12.3. The molecule has 0 spiro atoms. The van der Waals surface area contributed by atoms with Crippen LogP contribution >= 0.6 is 0 Å². The maximum Gasteiger partial charge on any atom is 0.409 e. The summed E-state index contributed by atoms with van der Waals surface area (Å²) in [6, 6.07) is 13.1. The van der Waals surface area contributed by atoms with Crippen LogP contribution in [0.25, 0.3) is 0 Å². The Morgan fingerprint density at radius 1 is 0.917 bits per heavy atom. The molecule has 1 N–H and O–H groups in total. The number of nitrogens with zero attached hydrogens (tertiary/aromatic N) is 3. The van der Waals surface area contributed by atoms with Crippen molar-refractivity contribution >= 4 is 11.8 Å². The molecular formula is C30H45N3O3. The van der Waals surface area contributed by atoms with Crippen molar-refractivity contribution in [1.29, 1.82) is 0 Å². The highest BCUT2D eigenvalue weighted by atomic mass is 16.6. The van der Waals surface area contributed by atoms with E-state index in [0.29, 0.717) is 25.4 Å². The quantitative estimate of drug-likeness (QED) is 0.558. The third-order valence-electron chi connectivity index (χ3n) is 6.99. The number of carbonyl (C=O) groups is 1. The second kappa shape index (κ2) is 10.7. The molecule has 0 saturated carbocycles. The van der Waals surface area contributed by atoms with E-state index in [9.17, 15) is 9.90 Å². The van der Waals surface area contributed by atoms with Crippen LogP contribution in [0.2, 0.25) is 0 Å². The van der Waals surface area contributed by atoms with E-state index in [-0.39, 0.29) is 23.0 Å². The molecule has 1 aliphatic rings. The molecule has 2 aromatic carbocycles. The first-order valence-electron chi connectivity index (χ1n) is 13.0. The number of piperazine rings is 1. The Balaban J connectivity index is 2.11. The van der Waals surface area contributed by atoms with Crippen LogP contribution in [-0.2, 0) is 15.6 Å². The van der Waals surface area contributed by atoms with Gasteiger partial charge in [0.2, 0.25) is 0 Å². The number of aromatic hydroxyl groups is 1. The van der Waals surface area contributed by atoms with Crippen LogP contribution in [-0.4, -0.2) is 67.9 Å². The summed E-state index contributed by atoms with van der Waals surface area (Å²) < 4.78 is 5.24. The predicted molar refractivity (Wildman–Crippen MR) is 148 cm³/mol. The monoisotopic (exact) mass is 495 g/mol. The minimum atomic E-state index is -0.237. The molecule has 1 saturated heterocycles. The fourth-order valence-electron chi connectivity index (χ4n) is 4.90. The van der Waals surface area contributed by atoms with E-state index >= 15 is 0 Å². The summed E-state index contributed by atoms with van der Waals surface area (Å²) in [5.41, 5.74) is 5.04. The number of benzene rings is 2. The Bertz CT molecular complexity index is 1010. The molecule has 0 radical (unpaired) electrons. The van der Waals surface area contributed by atoms with Gasteiger partial charge in [0.15, 0.2) is 0 Å². The SMILES string of the molecule is CCOC(=O)N1CCN(C(c2ccc(N(C)C)cc2)c2cc(C(C)(C)C)c(O)c(C(C)(C)C)c2)CC1. The predicted octanol–water partition coefficient (Wildman–Crippen LogP) is 5.92. The van der Waals surface area contributed by atoms with Crippen molar-refractivity contribution < 1.29 is 14.6 Å². The van der Waals surface area contributed by atoms with Crippen LogP contribution < -0.4 is 4.90 Å². The Morgan fingerprint density at radius 2 is 1.42 bits per heavy atom. The molecule has 1 fully saturated rings. The van der Waals surface area contributed by atoms with Gasteiger partial charge in [-0.25, -0.2) is 4.79 Å². The molecule has 36 heavy (non-hydrogen) atoms. The van der Waals surface area contributed by atoms with Gasteiger partial charge in [-0.1, -0.05) is 53.7 Å². The van der Waals surface area contributed by atoms with E-state index in [1.807, 2.05) is 21.0 Å². The van der Waals surface area contributed by atoms with Gasteiger partial charge < -0.3 is 19.6 Å². The lowest BCUT2D eigenvalue weighted by Crippen LogP contribution is -2.50. The highest BCUT2D eigenvalue weighted by Gasteiger charge is 2.33. The van der Waals surface area contributed by atoms with E-state index in [1.54, 1.807) is 4.90 Å². The zero-order chi connectivity index (χ0) is 26.8. The number of amides is 1. The van der Waals surface area contributed by atoms with Gasteiger partial charge in [-0.3, -0.25) is 4.90 Å². The topological polar surface area (TPSA) is 56.2 Å². The van der Waals surface area contributed by atoms with Crippen LogP contribution in [0.3, 0.4) is 0 Å². The third-order valence-corrected chi connectivity index (χ3v) is 6.99. The second-order valence-electron chi connectivity index (χ2n) is 12.1. The van der Waals surface area contributed by atoms with Crippen LogP contribution in [0.5, 0.6) is 5.75 Å². The summed E-state index contributed by atoms with van der Waals surface area (Å²) in [6.45, 7) is 17.9. The summed E-state index contributed by atoms with van der Waals surface area (Å²) in [5, 5.41) is 11.3. The summed E-state index contributed by atoms with van der Waals surface area (Å²) >= 11 is 0. The fraction of sp³-hybridized carbons (Fsp3) is 0.567. The van der Waals surface area contributed by atoms with Gasteiger partial charge in [0.25, 0.3) is 0 Å². The van der Waals surface area contributed by atoms with Gasteiger partial charge in [-0.05, 0) is 64.3 Å². The second-order valence-corrected chi connectivity index (χ2v) is 12.1. The van der Waals surface area contributed by atoms with Crippen molar-refractivity contribution in [3.05, 3.63) is 58.7 Å². The summed E-state index contributed by atoms with van der Waals surface area (Å²) in [4.78, 5) is 18.7. The number of hydrogen-bond donors (Lipinski definition) is 1. The first-order chi connectivity index (χ1) is 16.7. The number of phenolic OH excluding ortho intramolecular Hbond substituents is 1. The van der Waals surface area contributed by atoms with E-state index in [0.717, 1.165) is 29.9 Å². The third kappa shape index (κ3) is 6.15. The number of hydrogen-bond acceptors (Lipinski definition) is 5. The van der Waals surface area contributed by atoms with Crippen LogP contribution in [0.4, 0.5) is 10.5 Å². The Morgan fingerprint density at radius 3 is 1.83 bits per heavy atom. The molecule has 1 unspecified atom stereocenters. The molecule has 1 atom stereocenters. The van der Waals surface area contributed by atoms with Crippen LogP contribution in [0.1, 0.15) is 76.8 Å². The summed E-state index contributed by atoms with van der Waals surface area (Å²) in [7, 11) is 4.10. The fourth-order valence-corrected chi connectivity index (χ4v) is 4.90.